The van der Waals surface area contributed by atoms with Crippen molar-refractivity contribution in [1.29, 1.82) is 0 Å². The van der Waals surface area contributed by atoms with Gasteiger partial charge in [0.15, 0.2) is 0 Å². The second-order valence-corrected chi connectivity index (χ2v) is 10.1. The first-order valence-electron chi connectivity index (χ1n) is 8.79. The molecule has 3 rings (SSSR count). The van der Waals surface area contributed by atoms with Crippen molar-refractivity contribution in [1.82, 2.24) is 9.62 Å². The second-order valence-electron chi connectivity index (χ2n) is 6.86. The number of carbonyl (C=O) groups is 1. The van der Waals surface area contributed by atoms with Gasteiger partial charge in [0.05, 0.1) is 11.1 Å². The van der Waals surface area contributed by atoms with E-state index in [1.54, 1.807) is 12.3 Å². The molecule has 2 aromatic heterocycles. The van der Waals surface area contributed by atoms with Crippen LogP contribution in [0.15, 0.2) is 39.2 Å². The zero-order chi connectivity index (χ0) is 18.7. The fourth-order valence-corrected chi connectivity index (χ4v) is 5.84. The molecule has 142 valence electrons. The zero-order valence-corrected chi connectivity index (χ0v) is 16.6. The molecule has 0 aromatic carbocycles. The number of carbonyl (C=O) groups excluding carboxylic acids is 1. The summed E-state index contributed by atoms with van der Waals surface area (Å²) in [7, 11) is -3.51. The number of amides is 1. The van der Waals surface area contributed by atoms with Crippen molar-refractivity contribution in [3.8, 4) is 0 Å². The van der Waals surface area contributed by atoms with Crippen LogP contribution in [0.4, 0.5) is 0 Å². The van der Waals surface area contributed by atoms with E-state index in [9.17, 15) is 13.2 Å². The molecule has 1 amide bonds. The molecule has 0 radical (unpaired) electrons. The van der Waals surface area contributed by atoms with Crippen LogP contribution in [0.1, 0.15) is 42.1 Å². The monoisotopic (exact) mass is 396 g/mol. The molecule has 1 aliphatic rings. The zero-order valence-electron chi connectivity index (χ0n) is 15.0. The van der Waals surface area contributed by atoms with Crippen molar-refractivity contribution in [2.75, 3.05) is 13.1 Å². The van der Waals surface area contributed by atoms with Gasteiger partial charge in [-0.25, -0.2) is 8.42 Å². The predicted octanol–water partition coefficient (Wildman–Crippen LogP) is 3.12. The molecule has 1 aliphatic heterocycles. The number of thiophene rings is 1. The Kier molecular flexibility index (Phi) is 5.84. The van der Waals surface area contributed by atoms with Gasteiger partial charge in [-0.15, -0.1) is 11.3 Å². The fourth-order valence-electron chi connectivity index (χ4n) is 3.01. The molecule has 0 saturated carbocycles. The molecule has 8 heteroatoms. The summed E-state index contributed by atoms with van der Waals surface area (Å²) >= 11 is 1.03. The highest BCUT2D eigenvalue weighted by atomic mass is 32.2. The quantitative estimate of drug-likeness (QED) is 0.814. The van der Waals surface area contributed by atoms with Crippen molar-refractivity contribution in [3.05, 3.63) is 41.2 Å². The van der Waals surface area contributed by atoms with Crippen LogP contribution in [0, 0.1) is 5.92 Å². The lowest BCUT2D eigenvalue weighted by Gasteiger charge is -2.28. The van der Waals surface area contributed by atoms with E-state index in [0.29, 0.717) is 30.3 Å². The molecule has 6 nitrogen and oxygen atoms in total. The largest absolute Gasteiger partial charge is 0.469 e. The summed E-state index contributed by atoms with van der Waals surface area (Å²) < 4.78 is 32.6. The fraction of sp³-hybridized carbons (Fsp3) is 0.500. The van der Waals surface area contributed by atoms with Crippen LogP contribution in [-0.4, -0.2) is 37.8 Å². The van der Waals surface area contributed by atoms with E-state index in [2.05, 4.69) is 12.2 Å². The summed E-state index contributed by atoms with van der Waals surface area (Å²) in [6.07, 6.45) is 3.94. The van der Waals surface area contributed by atoms with Crippen molar-refractivity contribution in [2.24, 2.45) is 5.92 Å². The minimum Gasteiger partial charge on any atom is -0.469 e. The number of hydrogen-bond acceptors (Lipinski definition) is 5. The third-order valence-corrected chi connectivity index (χ3v) is 8.06. The highest BCUT2D eigenvalue weighted by Crippen LogP contribution is 2.28. The lowest BCUT2D eigenvalue weighted by Crippen LogP contribution is -2.37. The van der Waals surface area contributed by atoms with Gasteiger partial charge in [0.25, 0.3) is 15.9 Å². The Labute approximate surface area is 158 Å². The highest BCUT2D eigenvalue weighted by Gasteiger charge is 2.30. The molecular weight excluding hydrogens is 372 g/mol. The Morgan fingerprint density at radius 2 is 2.08 bits per heavy atom. The minimum absolute atomic E-state index is 0.112. The van der Waals surface area contributed by atoms with Crippen molar-refractivity contribution >= 4 is 27.3 Å². The number of rotatable bonds is 6. The third kappa shape index (κ3) is 4.36. The molecule has 1 unspecified atom stereocenters. The number of hydrogen-bond donors (Lipinski definition) is 1. The molecule has 1 saturated heterocycles. The number of nitrogens with zero attached hydrogens (tertiary/aromatic N) is 1. The first-order chi connectivity index (χ1) is 12.4. The van der Waals surface area contributed by atoms with Gasteiger partial charge in [0.1, 0.15) is 9.97 Å². The molecule has 1 N–H and O–H groups in total. The van der Waals surface area contributed by atoms with Crippen LogP contribution in [-0.2, 0) is 16.4 Å². The van der Waals surface area contributed by atoms with Gasteiger partial charge in [-0.05, 0) is 49.9 Å². The van der Waals surface area contributed by atoms with E-state index in [0.717, 1.165) is 29.9 Å². The maximum atomic E-state index is 12.8. The van der Waals surface area contributed by atoms with Gasteiger partial charge in [0, 0.05) is 25.6 Å². The molecule has 1 fully saturated rings. The van der Waals surface area contributed by atoms with Gasteiger partial charge in [-0.2, -0.15) is 4.31 Å². The maximum absolute atomic E-state index is 12.8. The van der Waals surface area contributed by atoms with E-state index >= 15 is 0 Å². The number of nitrogens with one attached hydrogen (secondary N) is 1. The number of piperidine rings is 1. The van der Waals surface area contributed by atoms with E-state index in [4.69, 9.17) is 4.42 Å². The Balaban J connectivity index is 1.64. The molecule has 0 aliphatic carbocycles. The summed E-state index contributed by atoms with van der Waals surface area (Å²) in [6, 6.07) is 6.67. The summed E-state index contributed by atoms with van der Waals surface area (Å²) in [5.41, 5.74) is 0. The van der Waals surface area contributed by atoms with Crippen LogP contribution < -0.4 is 5.32 Å². The number of sulfonamides is 1. The van der Waals surface area contributed by atoms with Crippen LogP contribution in [0.5, 0.6) is 0 Å². The molecule has 1 atom stereocenters. The summed E-state index contributed by atoms with van der Waals surface area (Å²) in [5.74, 6) is 1.09. The van der Waals surface area contributed by atoms with Crippen molar-refractivity contribution < 1.29 is 17.6 Å². The summed E-state index contributed by atoms with van der Waals surface area (Å²) in [6.45, 7) is 5.12. The summed E-state index contributed by atoms with van der Waals surface area (Å²) in [4.78, 5) is 12.8. The Morgan fingerprint density at radius 3 is 2.73 bits per heavy atom. The highest BCUT2D eigenvalue weighted by molar-refractivity contribution is 7.91. The predicted molar refractivity (Wildman–Crippen MR) is 101 cm³/mol. The Morgan fingerprint density at radius 1 is 1.35 bits per heavy atom. The smallest absolute Gasteiger partial charge is 0.261 e. The van der Waals surface area contributed by atoms with Gasteiger partial charge < -0.3 is 9.73 Å². The molecule has 0 spiro atoms. The normalized spacial score (nSPS) is 17.9. The molecule has 2 aromatic rings. The second kappa shape index (κ2) is 7.94. The Bertz CT molecular complexity index is 834. The lowest BCUT2D eigenvalue weighted by molar-refractivity contribution is 0.0943. The van der Waals surface area contributed by atoms with Crippen molar-refractivity contribution in [3.63, 3.8) is 0 Å². The molecular formula is C18H24N2O4S2. The van der Waals surface area contributed by atoms with Crippen LogP contribution >= 0.6 is 11.3 Å². The molecule has 0 bridgehead atoms. The average Bonchev–Trinajstić information content (AvgIpc) is 3.26. The average molecular weight is 397 g/mol. The molecule has 26 heavy (non-hydrogen) atoms. The molecule has 3 heterocycles. The van der Waals surface area contributed by atoms with Crippen LogP contribution in [0.2, 0.25) is 0 Å². The van der Waals surface area contributed by atoms with Crippen LogP contribution in [0.3, 0.4) is 0 Å². The lowest BCUT2D eigenvalue weighted by atomic mass is 10.0. The van der Waals surface area contributed by atoms with E-state index in [-0.39, 0.29) is 16.2 Å². The first kappa shape index (κ1) is 19.1. The standard InChI is InChI=1S/C18H24N2O4S2/c1-13-7-9-20(10-8-13)26(22,23)17-6-5-16(25-17)18(21)19-14(2)12-15-4-3-11-24-15/h3-6,11,13-14H,7-10,12H2,1-2H3,(H,19,21). The van der Waals surface area contributed by atoms with Gasteiger partial charge in [0.2, 0.25) is 0 Å². The van der Waals surface area contributed by atoms with E-state index in [1.165, 1.54) is 10.4 Å². The van der Waals surface area contributed by atoms with E-state index in [1.807, 2.05) is 19.1 Å². The van der Waals surface area contributed by atoms with E-state index < -0.39 is 10.0 Å². The topological polar surface area (TPSA) is 79.6 Å². The van der Waals surface area contributed by atoms with Gasteiger partial charge in [-0.3, -0.25) is 4.79 Å². The van der Waals surface area contributed by atoms with Gasteiger partial charge in [-0.1, -0.05) is 6.92 Å². The SMILES string of the molecule is CC1CCN(S(=O)(=O)c2ccc(C(=O)NC(C)Cc3ccco3)s2)CC1. The van der Waals surface area contributed by atoms with Crippen molar-refractivity contribution in [2.45, 2.75) is 43.4 Å². The van der Waals surface area contributed by atoms with Gasteiger partial charge >= 0.3 is 0 Å². The summed E-state index contributed by atoms with van der Waals surface area (Å²) in [5, 5.41) is 2.89. The Hall–Kier alpha value is -1.64. The maximum Gasteiger partial charge on any atom is 0.261 e. The third-order valence-electron chi connectivity index (χ3n) is 4.61. The number of furan rings is 1. The first-order valence-corrected chi connectivity index (χ1v) is 11.0. The van der Waals surface area contributed by atoms with Crippen LogP contribution in [0.25, 0.3) is 0 Å². The minimum atomic E-state index is -3.51.